The lowest BCUT2D eigenvalue weighted by molar-refractivity contribution is 0.0711. The normalized spacial score (nSPS) is 15.5. The molecule has 0 N–H and O–H groups in total. The van der Waals surface area contributed by atoms with Gasteiger partial charge in [-0.2, -0.15) is 5.10 Å². The Kier molecular flexibility index (Phi) is 5.56. The molecule has 0 unspecified atom stereocenters. The van der Waals surface area contributed by atoms with E-state index in [1.54, 1.807) is 24.3 Å². The molecule has 0 saturated heterocycles. The number of fused-ring (bicyclic) bond motifs is 1. The number of nitrogens with zero attached hydrogens (tertiary/aromatic N) is 3. The molecule has 5 nitrogen and oxygen atoms in total. The van der Waals surface area contributed by atoms with E-state index in [9.17, 15) is 4.79 Å². The summed E-state index contributed by atoms with van der Waals surface area (Å²) in [5.41, 5.74) is 5.08. The smallest absolute Gasteiger partial charge is 0.274 e. The van der Waals surface area contributed by atoms with Gasteiger partial charge in [0, 0.05) is 29.0 Å². The van der Waals surface area contributed by atoms with Crippen LogP contribution in [0.1, 0.15) is 39.5 Å². The Bertz CT molecular complexity index is 1370. The SMILES string of the molecule is COc1ccc2cc([C@@H]3CC(c4ccc(C)cc4)=NN3C(=O)c3ccccc3)c(Cl)nc2c1. The Morgan fingerprint density at radius 1 is 1.03 bits per heavy atom. The minimum absolute atomic E-state index is 0.173. The van der Waals surface area contributed by atoms with E-state index in [1.807, 2.05) is 73.7 Å². The fraction of sp³-hybridized carbons (Fsp3) is 0.148. The van der Waals surface area contributed by atoms with Crippen molar-refractivity contribution in [2.45, 2.75) is 19.4 Å². The standard InChI is InChI=1S/C27H22ClN3O2/c1-17-8-10-18(11-9-17)24-16-25(31(30-24)27(32)19-6-4-3-5-7-19)22-14-20-12-13-21(33-2)15-23(20)29-26(22)28/h3-15,25H,16H2,1-2H3/t25-/m0/s1. The van der Waals surface area contributed by atoms with Gasteiger partial charge in [0.2, 0.25) is 0 Å². The second-order valence-electron chi connectivity index (χ2n) is 8.08. The fourth-order valence-corrected chi connectivity index (χ4v) is 4.35. The Morgan fingerprint density at radius 3 is 2.52 bits per heavy atom. The number of aryl methyl sites for hydroxylation is 1. The predicted molar refractivity (Wildman–Crippen MR) is 131 cm³/mol. The monoisotopic (exact) mass is 455 g/mol. The van der Waals surface area contributed by atoms with Crippen molar-refractivity contribution in [3.8, 4) is 5.75 Å². The molecular formula is C27H22ClN3O2. The Hall–Kier alpha value is -3.70. The van der Waals surface area contributed by atoms with Crippen molar-refractivity contribution in [1.29, 1.82) is 0 Å². The summed E-state index contributed by atoms with van der Waals surface area (Å²) >= 11 is 6.67. The Labute approximate surface area is 197 Å². The van der Waals surface area contributed by atoms with E-state index < -0.39 is 0 Å². The number of pyridine rings is 1. The van der Waals surface area contributed by atoms with Crippen molar-refractivity contribution in [2.24, 2.45) is 5.10 Å². The van der Waals surface area contributed by atoms with Crippen molar-refractivity contribution in [3.63, 3.8) is 0 Å². The lowest BCUT2D eigenvalue weighted by atomic mass is 9.97. The zero-order valence-electron chi connectivity index (χ0n) is 18.3. The maximum absolute atomic E-state index is 13.5. The lowest BCUT2D eigenvalue weighted by Gasteiger charge is -2.23. The van der Waals surface area contributed by atoms with E-state index in [-0.39, 0.29) is 11.9 Å². The molecule has 0 fully saturated rings. The van der Waals surface area contributed by atoms with Gasteiger partial charge in [-0.3, -0.25) is 4.79 Å². The highest BCUT2D eigenvalue weighted by atomic mass is 35.5. The van der Waals surface area contributed by atoms with Gasteiger partial charge < -0.3 is 4.74 Å². The molecule has 1 amide bonds. The molecule has 0 radical (unpaired) electrons. The van der Waals surface area contributed by atoms with E-state index in [4.69, 9.17) is 21.4 Å². The van der Waals surface area contributed by atoms with Crippen LogP contribution in [-0.4, -0.2) is 28.7 Å². The number of benzene rings is 3. The summed E-state index contributed by atoms with van der Waals surface area (Å²) in [5.74, 6) is 0.541. The largest absolute Gasteiger partial charge is 0.497 e. The highest BCUT2D eigenvalue weighted by molar-refractivity contribution is 6.30. The quantitative estimate of drug-likeness (QED) is 0.344. The predicted octanol–water partition coefficient (Wildman–Crippen LogP) is 6.20. The minimum Gasteiger partial charge on any atom is -0.497 e. The number of hydrogen-bond acceptors (Lipinski definition) is 4. The maximum Gasteiger partial charge on any atom is 0.274 e. The molecule has 0 bridgehead atoms. The van der Waals surface area contributed by atoms with Crippen LogP contribution < -0.4 is 4.74 Å². The summed E-state index contributed by atoms with van der Waals surface area (Å²) in [5, 5.41) is 7.59. The second kappa shape index (κ2) is 8.68. The number of hydrazone groups is 1. The number of carbonyl (C=O) groups is 1. The van der Waals surface area contributed by atoms with E-state index in [0.29, 0.717) is 22.9 Å². The summed E-state index contributed by atoms with van der Waals surface area (Å²) < 4.78 is 5.31. The average Bonchev–Trinajstić information content (AvgIpc) is 3.29. The van der Waals surface area contributed by atoms with Gasteiger partial charge in [0.25, 0.3) is 5.91 Å². The summed E-state index contributed by atoms with van der Waals surface area (Å²) in [6.07, 6.45) is 0.546. The molecule has 0 aliphatic carbocycles. The number of amides is 1. The number of methoxy groups -OCH3 is 1. The molecule has 6 heteroatoms. The van der Waals surface area contributed by atoms with Crippen molar-refractivity contribution in [1.82, 2.24) is 9.99 Å². The van der Waals surface area contributed by atoms with Crippen LogP contribution >= 0.6 is 11.6 Å². The van der Waals surface area contributed by atoms with Crippen LogP contribution in [0.25, 0.3) is 10.9 Å². The van der Waals surface area contributed by atoms with Crippen molar-refractivity contribution >= 4 is 34.1 Å². The van der Waals surface area contributed by atoms with Crippen molar-refractivity contribution < 1.29 is 9.53 Å². The third-order valence-electron chi connectivity index (χ3n) is 5.89. The molecule has 1 aliphatic heterocycles. The first-order chi connectivity index (χ1) is 16.0. The maximum atomic E-state index is 13.5. The van der Waals surface area contributed by atoms with E-state index in [0.717, 1.165) is 27.7 Å². The summed E-state index contributed by atoms with van der Waals surface area (Å²) in [6.45, 7) is 2.05. The molecule has 1 aliphatic rings. The van der Waals surface area contributed by atoms with Gasteiger partial charge in [-0.1, -0.05) is 59.6 Å². The molecule has 1 aromatic heterocycles. The number of ether oxygens (including phenoxy) is 1. The van der Waals surface area contributed by atoms with Crippen LogP contribution in [0.5, 0.6) is 5.75 Å². The molecule has 33 heavy (non-hydrogen) atoms. The van der Waals surface area contributed by atoms with Crippen LogP contribution in [-0.2, 0) is 0 Å². The van der Waals surface area contributed by atoms with Crippen LogP contribution in [0.15, 0.2) is 84.0 Å². The molecule has 164 valence electrons. The first kappa shape index (κ1) is 21.2. The molecule has 0 saturated carbocycles. The molecule has 1 atom stereocenters. The lowest BCUT2D eigenvalue weighted by Crippen LogP contribution is -2.27. The number of aromatic nitrogens is 1. The minimum atomic E-state index is -0.361. The summed E-state index contributed by atoms with van der Waals surface area (Å²) in [7, 11) is 1.62. The van der Waals surface area contributed by atoms with Crippen molar-refractivity contribution in [2.75, 3.05) is 7.11 Å². The first-order valence-electron chi connectivity index (χ1n) is 10.7. The first-order valence-corrected chi connectivity index (χ1v) is 11.1. The Morgan fingerprint density at radius 2 is 1.79 bits per heavy atom. The Balaban J connectivity index is 1.59. The van der Waals surface area contributed by atoms with Crippen molar-refractivity contribution in [3.05, 3.63) is 106 Å². The van der Waals surface area contributed by atoms with Gasteiger partial charge in [0.15, 0.2) is 0 Å². The third kappa shape index (κ3) is 4.08. The number of halogens is 1. The number of rotatable bonds is 4. The highest BCUT2D eigenvalue weighted by Gasteiger charge is 2.35. The topological polar surface area (TPSA) is 54.8 Å². The van der Waals surface area contributed by atoms with Crippen LogP contribution in [0.2, 0.25) is 5.15 Å². The third-order valence-corrected chi connectivity index (χ3v) is 6.19. The van der Waals surface area contributed by atoms with Gasteiger partial charge in [-0.25, -0.2) is 9.99 Å². The number of hydrogen-bond donors (Lipinski definition) is 0. The molecule has 0 spiro atoms. The summed E-state index contributed by atoms with van der Waals surface area (Å²) in [4.78, 5) is 18.1. The molecule has 5 rings (SSSR count). The van der Waals surface area contributed by atoms with E-state index >= 15 is 0 Å². The van der Waals surface area contributed by atoms with Gasteiger partial charge in [0.1, 0.15) is 10.9 Å². The molecule has 4 aromatic rings. The summed E-state index contributed by atoms with van der Waals surface area (Å²) in [6, 6.07) is 24.7. The number of carbonyl (C=O) groups excluding carboxylic acids is 1. The zero-order valence-corrected chi connectivity index (χ0v) is 19.1. The average molecular weight is 456 g/mol. The highest BCUT2D eigenvalue weighted by Crippen LogP contribution is 2.38. The van der Waals surface area contributed by atoms with Gasteiger partial charge in [-0.15, -0.1) is 0 Å². The van der Waals surface area contributed by atoms with Gasteiger partial charge in [0.05, 0.1) is 24.4 Å². The fourth-order valence-electron chi connectivity index (χ4n) is 4.07. The second-order valence-corrected chi connectivity index (χ2v) is 8.43. The molecule has 2 heterocycles. The van der Waals surface area contributed by atoms with E-state index in [1.165, 1.54) is 5.56 Å². The van der Waals surface area contributed by atoms with E-state index in [2.05, 4.69) is 4.98 Å². The molecular weight excluding hydrogens is 434 g/mol. The van der Waals surface area contributed by atoms with Gasteiger partial charge in [-0.05, 0) is 42.8 Å². The van der Waals surface area contributed by atoms with Crippen LogP contribution in [0.3, 0.4) is 0 Å². The zero-order chi connectivity index (χ0) is 22.9. The van der Waals surface area contributed by atoms with Crippen LogP contribution in [0, 0.1) is 6.92 Å². The molecule has 3 aromatic carbocycles. The van der Waals surface area contributed by atoms with Crippen LogP contribution in [0.4, 0.5) is 0 Å². The van der Waals surface area contributed by atoms with Gasteiger partial charge >= 0.3 is 0 Å².